The first-order valence-corrected chi connectivity index (χ1v) is 12.0. The van der Waals surface area contributed by atoms with Gasteiger partial charge in [-0.3, -0.25) is 4.79 Å². The van der Waals surface area contributed by atoms with E-state index in [1.807, 2.05) is 31.2 Å². The highest BCUT2D eigenvalue weighted by Gasteiger charge is 2.28. The molecule has 0 spiro atoms. The van der Waals surface area contributed by atoms with Crippen molar-refractivity contribution >= 4 is 21.6 Å². The highest BCUT2D eigenvalue weighted by atomic mass is 32.2. The summed E-state index contributed by atoms with van der Waals surface area (Å²) < 4.78 is 29.0. The molecule has 2 N–H and O–H groups in total. The molecule has 0 bridgehead atoms. The van der Waals surface area contributed by atoms with Crippen LogP contribution in [0.1, 0.15) is 65.6 Å². The third-order valence-corrected chi connectivity index (χ3v) is 7.70. The highest BCUT2D eigenvalue weighted by Crippen LogP contribution is 2.34. The second kappa shape index (κ2) is 8.28. The molecule has 0 aliphatic heterocycles. The number of carbonyl (C=O) groups excluding carboxylic acids is 1. The van der Waals surface area contributed by atoms with E-state index in [1.165, 1.54) is 0 Å². The topological polar surface area (TPSA) is 75.3 Å². The molecule has 29 heavy (non-hydrogen) atoms. The van der Waals surface area contributed by atoms with E-state index >= 15 is 0 Å². The third kappa shape index (κ3) is 4.23. The van der Waals surface area contributed by atoms with E-state index in [-0.39, 0.29) is 11.9 Å². The van der Waals surface area contributed by atoms with E-state index in [2.05, 4.69) is 10.0 Å². The van der Waals surface area contributed by atoms with Crippen LogP contribution in [0.4, 0.5) is 5.69 Å². The van der Waals surface area contributed by atoms with E-state index in [0.717, 1.165) is 73.7 Å². The Morgan fingerprint density at radius 1 is 0.931 bits per heavy atom. The van der Waals surface area contributed by atoms with Crippen molar-refractivity contribution in [3.63, 3.8) is 0 Å². The van der Waals surface area contributed by atoms with Crippen LogP contribution in [0.15, 0.2) is 41.3 Å². The minimum atomic E-state index is -3.55. The molecule has 0 atom stereocenters. The Morgan fingerprint density at radius 3 is 2.34 bits per heavy atom. The van der Waals surface area contributed by atoms with Crippen LogP contribution in [0, 0.1) is 6.92 Å². The fourth-order valence-electron chi connectivity index (χ4n) is 4.55. The number of carbonyl (C=O) groups is 1. The van der Waals surface area contributed by atoms with Crippen molar-refractivity contribution < 1.29 is 13.2 Å². The van der Waals surface area contributed by atoms with Crippen molar-refractivity contribution in [3.8, 4) is 0 Å². The normalized spacial score (nSPS) is 17.1. The number of hydrogen-bond donors (Lipinski definition) is 2. The van der Waals surface area contributed by atoms with Gasteiger partial charge in [0, 0.05) is 17.3 Å². The van der Waals surface area contributed by atoms with E-state index in [0.29, 0.717) is 10.5 Å². The number of fused-ring (bicyclic) bond motifs is 1. The van der Waals surface area contributed by atoms with Gasteiger partial charge < -0.3 is 5.32 Å². The van der Waals surface area contributed by atoms with Crippen molar-refractivity contribution in [2.75, 3.05) is 5.32 Å². The highest BCUT2D eigenvalue weighted by molar-refractivity contribution is 7.89. The van der Waals surface area contributed by atoms with Gasteiger partial charge >= 0.3 is 0 Å². The molecule has 1 fully saturated rings. The second-order valence-corrected chi connectivity index (χ2v) is 9.83. The van der Waals surface area contributed by atoms with Crippen LogP contribution in [-0.4, -0.2) is 20.4 Å². The van der Waals surface area contributed by atoms with Crippen molar-refractivity contribution in [2.45, 2.75) is 69.2 Å². The molecule has 0 aromatic heterocycles. The summed E-state index contributed by atoms with van der Waals surface area (Å²) in [7, 11) is -3.55. The first-order valence-electron chi connectivity index (χ1n) is 10.5. The maximum absolute atomic E-state index is 13.1. The van der Waals surface area contributed by atoms with Gasteiger partial charge in [-0.1, -0.05) is 31.0 Å². The molecule has 0 radical (unpaired) electrons. The molecule has 6 heteroatoms. The summed E-state index contributed by atoms with van der Waals surface area (Å²) in [6.07, 6.45) is 7.45. The van der Waals surface area contributed by atoms with Gasteiger partial charge in [0.2, 0.25) is 10.0 Å². The number of nitrogens with one attached hydrogen (secondary N) is 2. The van der Waals surface area contributed by atoms with Crippen molar-refractivity contribution in [1.82, 2.24) is 4.72 Å². The Balaban J connectivity index is 1.65. The maximum atomic E-state index is 13.1. The van der Waals surface area contributed by atoms with Crippen LogP contribution < -0.4 is 10.0 Å². The molecule has 1 amide bonds. The molecule has 2 aromatic rings. The van der Waals surface area contributed by atoms with Crippen LogP contribution in [0.3, 0.4) is 0 Å². The zero-order valence-electron chi connectivity index (χ0n) is 16.8. The molecule has 2 aromatic carbocycles. The summed E-state index contributed by atoms with van der Waals surface area (Å²) in [5, 5.41) is 3.02. The number of rotatable bonds is 5. The Morgan fingerprint density at radius 2 is 1.62 bits per heavy atom. The smallest absolute Gasteiger partial charge is 0.255 e. The summed E-state index contributed by atoms with van der Waals surface area (Å²) in [6, 6.07) is 10.9. The van der Waals surface area contributed by atoms with Gasteiger partial charge in [0.15, 0.2) is 0 Å². The molecule has 2 aliphatic carbocycles. The number of aryl methyl sites for hydroxylation is 1. The van der Waals surface area contributed by atoms with E-state index < -0.39 is 10.0 Å². The Kier molecular flexibility index (Phi) is 5.74. The van der Waals surface area contributed by atoms with Gasteiger partial charge in [-0.25, -0.2) is 13.1 Å². The Bertz CT molecular complexity index is 1020. The molecule has 4 rings (SSSR count). The van der Waals surface area contributed by atoms with Crippen LogP contribution in [0.25, 0.3) is 0 Å². The monoisotopic (exact) mass is 412 g/mol. The summed E-state index contributed by atoms with van der Waals surface area (Å²) >= 11 is 0. The molecule has 5 nitrogen and oxygen atoms in total. The van der Waals surface area contributed by atoms with Gasteiger partial charge in [-0.15, -0.1) is 0 Å². The fourth-order valence-corrected chi connectivity index (χ4v) is 6.15. The van der Waals surface area contributed by atoms with Gasteiger partial charge in [-0.2, -0.15) is 0 Å². The minimum absolute atomic E-state index is 0.0414. The van der Waals surface area contributed by atoms with Crippen molar-refractivity contribution in [3.05, 3.63) is 58.7 Å². The SMILES string of the molecule is Cc1ccccc1C(=O)Nc1ccc(S(=O)(=O)NC2CCCC2)c2c1CCCC2. The predicted octanol–water partition coefficient (Wildman–Crippen LogP) is 4.35. The average Bonchev–Trinajstić information content (AvgIpc) is 3.20. The van der Waals surface area contributed by atoms with Crippen LogP contribution in [0.5, 0.6) is 0 Å². The van der Waals surface area contributed by atoms with Crippen molar-refractivity contribution in [1.29, 1.82) is 0 Å². The quantitative estimate of drug-likeness (QED) is 0.767. The van der Waals surface area contributed by atoms with Gasteiger partial charge in [0.1, 0.15) is 0 Å². The first-order chi connectivity index (χ1) is 14.0. The lowest BCUT2D eigenvalue weighted by atomic mass is 9.90. The van der Waals surface area contributed by atoms with Gasteiger partial charge in [0.25, 0.3) is 5.91 Å². The van der Waals surface area contributed by atoms with Gasteiger partial charge in [0.05, 0.1) is 4.90 Å². The minimum Gasteiger partial charge on any atom is -0.322 e. The number of amides is 1. The molecule has 1 saturated carbocycles. The Hall–Kier alpha value is -2.18. The summed E-state index contributed by atoms with van der Waals surface area (Å²) in [5.41, 5.74) is 4.11. The number of anilines is 1. The lowest BCUT2D eigenvalue weighted by Gasteiger charge is -2.24. The van der Waals surface area contributed by atoms with E-state index in [4.69, 9.17) is 0 Å². The lowest BCUT2D eigenvalue weighted by Crippen LogP contribution is -2.33. The largest absolute Gasteiger partial charge is 0.322 e. The first kappa shape index (κ1) is 20.1. The van der Waals surface area contributed by atoms with Gasteiger partial charge in [-0.05, 0) is 80.3 Å². The predicted molar refractivity (Wildman–Crippen MR) is 115 cm³/mol. The fraction of sp³-hybridized carbons (Fsp3) is 0.435. The zero-order chi connectivity index (χ0) is 20.4. The average molecular weight is 413 g/mol. The van der Waals surface area contributed by atoms with E-state index in [9.17, 15) is 13.2 Å². The summed E-state index contributed by atoms with van der Waals surface area (Å²) in [6.45, 7) is 1.91. The third-order valence-electron chi connectivity index (χ3n) is 6.10. The molecule has 154 valence electrons. The lowest BCUT2D eigenvalue weighted by molar-refractivity contribution is 0.102. The summed E-state index contributed by atoms with van der Waals surface area (Å²) in [4.78, 5) is 13.2. The van der Waals surface area contributed by atoms with Crippen LogP contribution in [-0.2, 0) is 22.9 Å². The van der Waals surface area contributed by atoms with Crippen LogP contribution in [0.2, 0.25) is 0 Å². The van der Waals surface area contributed by atoms with Crippen LogP contribution >= 0.6 is 0 Å². The van der Waals surface area contributed by atoms with E-state index in [1.54, 1.807) is 12.1 Å². The van der Waals surface area contributed by atoms with Crippen molar-refractivity contribution in [2.24, 2.45) is 0 Å². The number of benzene rings is 2. The molecule has 0 saturated heterocycles. The molecule has 0 heterocycles. The summed E-state index contributed by atoms with van der Waals surface area (Å²) in [5.74, 6) is -0.157. The molecule has 2 aliphatic rings. The maximum Gasteiger partial charge on any atom is 0.255 e. The molecular weight excluding hydrogens is 384 g/mol. The standard InChI is InChI=1S/C23H28N2O3S/c1-16-8-2-5-11-18(16)23(26)24-21-14-15-22(20-13-7-6-12-19(20)21)29(27,28)25-17-9-3-4-10-17/h2,5,8,11,14-15,17,25H,3-4,6-7,9-10,12-13H2,1H3,(H,24,26). The zero-order valence-corrected chi connectivity index (χ0v) is 17.6. The second-order valence-electron chi connectivity index (χ2n) is 8.15. The molecular formula is C23H28N2O3S. The number of hydrogen-bond acceptors (Lipinski definition) is 3. The number of sulfonamides is 1. The Labute approximate surface area is 173 Å². The molecule has 0 unspecified atom stereocenters.